The molecule has 1 aromatic carbocycles. The van der Waals surface area contributed by atoms with Crippen molar-refractivity contribution in [2.24, 2.45) is 0 Å². The van der Waals surface area contributed by atoms with Gasteiger partial charge in [0.1, 0.15) is 0 Å². The van der Waals surface area contributed by atoms with E-state index in [0.29, 0.717) is 5.76 Å². The number of rotatable bonds is 4. The topological polar surface area (TPSA) is 35.5 Å². The molecule has 1 heterocycles. The summed E-state index contributed by atoms with van der Waals surface area (Å²) in [5, 5.41) is 0. The van der Waals surface area contributed by atoms with Gasteiger partial charge in [0.25, 0.3) is 0 Å². The van der Waals surface area contributed by atoms with Gasteiger partial charge >= 0.3 is 13.1 Å². The molecule has 1 aliphatic heterocycles. The summed E-state index contributed by atoms with van der Waals surface area (Å²) in [6, 6.07) is 9.61. The van der Waals surface area contributed by atoms with Gasteiger partial charge in [0, 0.05) is 6.32 Å². The third-order valence-electron chi connectivity index (χ3n) is 2.59. The van der Waals surface area contributed by atoms with Gasteiger partial charge in [-0.05, 0) is 11.6 Å². The van der Waals surface area contributed by atoms with E-state index in [1.165, 1.54) is 0 Å². The fourth-order valence-electron chi connectivity index (χ4n) is 1.67. The van der Waals surface area contributed by atoms with E-state index in [4.69, 9.17) is 9.31 Å². The number of hydrogen-bond acceptors (Lipinski definition) is 3. The van der Waals surface area contributed by atoms with Crippen molar-refractivity contribution in [3.05, 3.63) is 41.7 Å². The van der Waals surface area contributed by atoms with Gasteiger partial charge in [-0.2, -0.15) is 0 Å². The van der Waals surface area contributed by atoms with Crippen LogP contribution in [0.3, 0.4) is 0 Å². The molecule has 4 heteroatoms. The highest BCUT2D eigenvalue weighted by Gasteiger charge is 2.36. The monoisotopic (exact) mass is 230 g/mol. The second-order valence-electron chi connectivity index (χ2n) is 4.01. The molecular weight excluding hydrogens is 215 g/mol. The normalized spacial score (nSPS) is 17.1. The summed E-state index contributed by atoms with van der Waals surface area (Å²) in [5.41, 5.74) is 0.940. The van der Waals surface area contributed by atoms with E-state index in [1.54, 1.807) is 6.08 Å². The van der Waals surface area contributed by atoms with Crippen LogP contribution in [0.2, 0.25) is 6.32 Å². The first-order valence-corrected chi connectivity index (χ1v) is 5.94. The zero-order valence-corrected chi connectivity index (χ0v) is 9.89. The lowest BCUT2D eigenvalue weighted by atomic mass is 9.83. The lowest BCUT2D eigenvalue weighted by molar-refractivity contribution is -0.129. The summed E-state index contributed by atoms with van der Waals surface area (Å²) in [6.07, 6.45) is 4.54. The van der Waals surface area contributed by atoms with Gasteiger partial charge in [0.15, 0.2) is 5.76 Å². The molecule has 1 aromatic rings. The molecule has 0 amide bonds. The summed E-state index contributed by atoms with van der Waals surface area (Å²) < 4.78 is 10.6. The van der Waals surface area contributed by atoms with Crippen molar-refractivity contribution in [1.29, 1.82) is 0 Å². The largest absolute Gasteiger partial charge is 0.597 e. The van der Waals surface area contributed by atoms with Crippen LogP contribution in [-0.2, 0) is 14.1 Å². The zero-order chi connectivity index (χ0) is 12.1. The molecule has 0 unspecified atom stereocenters. The lowest BCUT2D eigenvalue weighted by Gasteiger charge is -2.00. The molecular formula is C13H15BO3. The lowest BCUT2D eigenvalue weighted by Crippen LogP contribution is -2.13. The van der Waals surface area contributed by atoms with Crippen molar-refractivity contribution in [1.82, 2.24) is 0 Å². The molecule has 0 atom stereocenters. The number of benzene rings is 1. The summed E-state index contributed by atoms with van der Waals surface area (Å²) in [5.74, 6) is -0.0627. The summed E-state index contributed by atoms with van der Waals surface area (Å²) >= 11 is 0. The number of carbonyl (C=O) groups is 1. The van der Waals surface area contributed by atoms with Crippen molar-refractivity contribution in [2.75, 3.05) is 0 Å². The minimum Gasteiger partial charge on any atom is -0.521 e. The van der Waals surface area contributed by atoms with Crippen LogP contribution >= 0.6 is 0 Å². The highest BCUT2D eigenvalue weighted by Crippen LogP contribution is 2.20. The molecule has 0 saturated carbocycles. The second-order valence-corrected chi connectivity index (χ2v) is 4.01. The van der Waals surface area contributed by atoms with Crippen LogP contribution in [0.5, 0.6) is 0 Å². The number of carbonyl (C=O) groups excluding carboxylic acids is 1. The first-order valence-electron chi connectivity index (χ1n) is 5.94. The summed E-state index contributed by atoms with van der Waals surface area (Å²) in [6.45, 7) is 2.09. The van der Waals surface area contributed by atoms with Crippen LogP contribution in [-0.4, -0.2) is 13.1 Å². The third-order valence-corrected chi connectivity index (χ3v) is 2.59. The molecule has 0 spiro atoms. The van der Waals surface area contributed by atoms with Gasteiger partial charge in [0.05, 0.1) is 0 Å². The smallest absolute Gasteiger partial charge is 0.521 e. The Balaban J connectivity index is 2.03. The van der Waals surface area contributed by atoms with Crippen LogP contribution in [0.25, 0.3) is 6.08 Å². The SMILES string of the molecule is CCCCB1OC(=O)C(=Cc2ccccc2)O1. The maximum Gasteiger partial charge on any atom is 0.597 e. The summed E-state index contributed by atoms with van der Waals surface area (Å²) in [7, 11) is -0.405. The molecule has 88 valence electrons. The molecule has 0 radical (unpaired) electrons. The minimum absolute atomic E-state index is 0.303. The van der Waals surface area contributed by atoms with E-state index in [0.717, 1.165) is 24.7 Å². The fourth-order valence-corrected chi connectivity index (χ4v) is 1.67. The average molecular weight is 230 g/mol. The van der Waals surface area contributed by atoms with Crippen LogP contribution in [0.15, 0.2) is 36.1 Å². The molecule has 0 bridgehead atoms. The predicted octanol–water partition coefficient (Wildman–Crippen LogP) is 2.89. The Hall–Kier alpha value is -1.71. The van der Waals surface area contributed by atoms with Gasteiger partial charge in [0.2, 0.25) is 0 Å². The highest BCUT2D eigenvalue weighted by molar-refractivity contribution is 6.50. The number of hydrogen-bond donors (Lipinski definition) is 0. The van der Waals surface area contributed by atoms with E-state index in [9.17, 15) is 4.79 Å². The maximum absolute atomic E-state index is 11.5. The molecule has 1 saturated heterocycles. The molecule has 1 aliphatic rings. The quantitative estimate of drug-likeness (QED) is 0.589. The van der Waals surface area contributed by atoms with Crippen molar-refractivity contribution >= 4 is 19.2 Å². The predicted molar refractivity (Wildman–Crippen MR) is 67.1 cm³/mol. The van der Waals surface area contributed by atoms with Gasteiger partial charge in [-0.15, -0.1) is 0 Å². The van der Waals surface area contributed by atoms with E-state index in [2.05, 4.69) is 6.92 Å². The Morgan fingerprint density at radius 1 is 1.24 bits per heavy atom. The Bertz CT molecular complexity index is 414. The van der Waals surface area contributed by atoms with Crippen LogP contribution in [0.1, 0.15) is 25.3 Å². The fraction of sp³-hybridized carbons (Fsp3) is 0.308. The Labute approximate surface area is 102 Å². The first-order chi connectivity index (χ1) is 8.29. The van der Waals surface area contributed by atoms with Crippen molar-refractivity contribution < 1.29 is 14.1 Å². The van der Waals surface area contributed by atoms with Crippen molar-refractivity contribution in [2.45, 2.75) is 26.1 Å². The molecule has 1 fully saturated rings. The van der Waals surface area contributed by atoms with Crippen molar-refractivity contribution in [3.8, 4) is 0 Å². The van der Waals surface area contributed by atoms with E-state index in [-0.39, 0.29) is 5.97 Å². The minimum atomic E-state index is -0.405. The first kappa shape index (κ1) is 11.8. The Morgan fingerprint density at radius 3 is 2.71 bits per heavy atom. The van der Waals surface area contributed by atoms with Crippen LogP contribution in [0.4, 0.5) is 0 Å². The molecule has 0 N–H and O–H groups in total. The highest BCUT2D eigenvalue weighted by atomic mass is 16.7. The maximum atomic E-state index is 11.5. The van der Waals surface area contributed by atoms with Crippen LogP contribution in [0, 0.1) is 0 Å². The van der Waals surface area contributed by atoms with E-state index < -0.39 is 7.12 Å². The molecule has 17 heavy (non-hydrogen) atoms. The third kappa shape index (κ3) is 3.13. The second kappa shape index (κ2) is 5.57. The van der Waals surface area contributed by atoms with Crippen molar-refractivity contribution in [3.63, 3.8) is 0 Å². The zero-order valence-electron chi connectivity index (χ0n) is 9.89. The molecule has 0 aliphatic carbocycles. The molecule has 3 nitrogen and oxygen atoms in total. The Kier molecular flexibility index (Phi) is 3.86. The number of unbranched alkanes of at least 4 members (excludes halogenated alkanes) is 1. The van der Waals surface area contributed by atoms with Gasteiger partial charge in [-0.1, -0.05) is 50.1 Å². The van der Waals surface area contributed by atoms with E-state index in [1.807, 2.05) is 30.3 Å². The Morgan fingerprint density at radius 2 is 2.00 bits per heavy atom. The molecule has 0 aromatic heterocycles. The van der Waals surface area contributed by atoms with Crippen LogP contribution < -0.4 is 0 Å². The van der Waals surface area contributed by atoms with E-state index >= 15 is 0 Å². The summed E-state index contributed by atoms with van der Waals surface area (Å²) in [4.78, 5) is 11.5. The van der Waals surface area contributed by atoms with Gasteiger partial charge < -0.3 is 9.31 Å². The molecule has 2 rings (SSSR count). The van der Waals surface area contributed by atoms with Gasteiger partial charge in [-0.3, -0.25) is 0 Å². The standard InChI is InChI=1S/C13H15BO3/c1-2-3-9-14-16-12(13(15)17-14)10-11-7-5-4-6-8-11/h4-8,10H,2-3,9H2,1H3. The van der Waals surface area contributed by atoms with Gasteiger partial charge in [-0.25, -0.2) is 4.79 Å². The average Bonchev–Trinajstić information content (AvgIpc) is 2.69.